The Morgan fingerprint density at radius 2 is 0.410 bits per heavy atom. The van der Waals surface area contributed by atoms with E-state index in [9.17, 15) is 0 Å². The van der Waals surface area contributed by atoms with Gasteiger partial charge in [-0.15, -0.1) is 0 Å². The van der Waals surface area contributed by atoms with Crippen LogP contribution in [0.25, 0.3) is 0 Å². The molecule has 0 N–H and O–H groups in total. The van der Waals surface area contributed by atoms with Crippen molar-refractivity contribution in [2.75, 3.05) is 0 Å². The predicted octanol–water partition coefficient (Wildman–Crippen LogP) is 29.4. The van der Waals surface area contributed by atoms with Gasteiger partial charge in [0.05, 0.1) is 0 Å². The molecule has 39 heteroatoms. The van der Waals surface area contributed by atoms with E-state index in [0.717, 1.165) is 0 Å². The van der Waals surface area contributed by atoms with Gasteiger partial charge in [-0.1, -0.05) is 0 Å². The van der Waals surface area contributed by atoms with Crippen molar-refractivity contribution in [3.63, 3.8) is 0 Å². The van der Waals surface area contributed by atoms with Crippen LogP contribution in [0.3, 0.4) is 0 Å². The normalized spacial score (nSPS) is 18.5. The molecule has 0 aliphatic rings. The van der Waals surface area contributed by atoms with Crippen molar-refractivity contribution >= 4 is 502 Å². The van der Waals surface area contributed by atoms with Crippen molar-refractivity contribution in [1.29, 1.82) is 0 Å². The van der Waals surface area contributed by atoms with Crippen LogP contribution in [0.2, 0.25) is 0 Å². The van der Waals surface area contributed by atoms with E-state index in [1.54, 1.807) is 0 Å². The molecule has 0 aromatic rings. The van der Waals surface area contributed by atoms with Crippen LogP contribution in [0.1, 0.15) is 0 Å². The van der Waals surface area contributed by atoms with E-state index in [0.29, 0.717) is 0 Å². The summed E-state index contributed by atoms with van der Waals surface area (Å²) in [5.74, 6) is 0. The molecular formula is BI38-. The summed E-state index contributed by atoms with van der Waals surface area (Å²) in [6.45, 7) is 0. The monoisotopic (exact) mass is 4830 g/mol. The summed E-state index contributed by atoms with van der Waals surface area (Å²) >= 11 is 61.2. The van der Waals surface area contributed by atoms with E-state index in [1.807, 2.05) is 0 Å². The van der Waals surface area contributed by atoms with Crippen LogP contribution in [-0.2, 0) is 0 Å². The molecule has 39 heavy (non-hydrogen) atoms. The fourth-order valence-corrected chi connectivity index (χ4v) is 6750. The van der Waals surface area contributed by atoms with Gasteiger partial charge in [0.15, 0.2) is 0 Å². The van der Waals surface area contributed by atoms with Crippen molar-refractivity contribution in [1.82, 2.24) is 0 Å². The van der Waals surface area contributed by atoms with Gasteiger partial charge in [0, 0.05) is 0 Å². The van der Waals surface area contributed by atoms with E-state index in [-0.39, 0.29) is 17.0 Å². The Balaban J connectivity index is 5.38. The molecule has 2 radical (unpaired) electrons. The second-order valence-electron chi connectivity index (χ2n) is 3.00. The minimum absolute atomic E-state index is 0.165. The molecule has 0 aromatic carbocycles. The molecule has 270 valence electrons. The fraction of sp³-hybridized carbons (Fsp3) is 0. The van der Waals surface area contributed by atoms with E-state index in [4.69, 9.17) is 5.70 Å². The van der Waals surface area contributed by atoms with Crippen molar-refractivity contribution in [3.05, 3.63) is 0 Å². The predicted molar refractivity (Wildman–Crippen MR) is 524 cm³/mol. The molecule has 0 saturated heterocycles. The molecule has 0 heterocycles. The van der Waals surface area contributed by atoms with Crippen LogP contribution in [0.5, 0.6) is 0 Å². The third-order valence-electron chi connectivity index (χ3n) is 1.45. The molecular weight excluding hydrogens is 4830 g/mol. The number of halogens is 38. The van der Waals surface area contributed by atoms with E-state index in [1.165, 1.54) is 0 Å². The summed E-state index contributed by atoms with van der Waals surface area (Å²) < 4.78 is 0. The topological polar surface area (TPSA) is 0 Å². The zero-order valence-electron chi connectivity index (χ0n) is 14.9. The van der Waals surface area contributed by atoms with Gasteiger partial charge in [0.2, 0.25) is 0 Å². The second-order valence-corrected chi connectivity index (χ2v) is 884. The van der Waals surface area contributed by atoms with E-state index < -0.39 is 142 Å². The van der Waals surface area contributed by atoms with Crippen molar-refractivity contribution in [3.8, 4) is 0 Å². The van der Waals surface area contributed by atoms with Crippen molar-refractivity contribution < 1.29 is 17.0 Å². The zero-order valence-corrected chi connectivity index (χ0v) is 96.9. The maximum absolute atomic E-state index is 6.33. The van der Waals surface area contributed by atoms with Crippen LogP contribution in [-0.4, -0.2) is 5.70 Å². The van der Waals surface area contributed by atoms with Gasteiger partial charge < -0.3 is 0 Å². The molecule has 0 unspecified atom stereocenters. The summed E-state index contributed by atoms with van der Waals surface area (Å²) in [5.41, 5.74) is 6.33. The molecule has 0 amide bonds. The first-order valence-corrected chi connectivity index (χ1v) is 239. The van der Waals surface area contributed by atoms with E-state index in [2.05, 4.69) is 354 Å². The van der Waals surface area contributed by atoms with Crippen molar-refractivity contribution in [2.24, 2.45) is 0 Å². The summed E-state index contributed by atoms with van der Waals surface area (Å²) in [6.07, 6.45) is 0. The minimum atomic E-state index is -0.591. The molecule has 0 aliphatic carbocycles. The SMILES string of the molecule is [B][I-]I(I)I(I)I(I)I(I)I(I)I(I)I(I)I(I)I(I)I(I)I(I)I(I)I(I)I(I)I(I)I(I)I(I)I(I)I. The first-order chi connectivity index (χ1) is 17.8. The Hall–Kier alpha value is 27.8. The molecule has 0 nitrogen and oxygen atoms in total. The summed E-state index contributed by atoms with van der Waals surface area (Å²) in [4.78, 5) is 0. The molecule has 0 spiro atoms. The number of rotatable bonds is 18. The maximum atomic E-state index is 6.33. The Labute approximate surface area is 488 Å². The van der Waals surface area contributed by atoms with E-state index >= 15 is 0 Å². The average molecular weight is 4830 g/mol. The molecule has 0 rings (SSSR count). The standard InChI is InChI=1S/BI38/c1-21-23(4)25(6)27(8)29(10)31(12)33(14)35(16)37(18)39(20)38(19)36(17)34(15)32(13)30(11)28(9)26(7)24(5)22(2)3/q-1. The molecule has 0 fully saturated rings. The van der Waals surface area contributed by atoms with Crippen molar-refractivity contribution in [2.45, 2.75) is 0 Å². The van der Waals surface area contributed by atoms with Gasteiger partial charge in [0.25, 0.3) is 0 Å². The Bertz CT molecular complexity index is 641. The Morgan fingerprint density at radius 3 is 0.564 bits per heavy atom. The van der Waals surface area contributed by atoms with Gasteiger partial charge in [-0.25, -0.2) is 0 Å². The number of hydrogen-bond donors (Lipinski definition) is 0. The fourth-order valence-electron chi connectivity index (χ4n) is 0.517. The quantitative estimate of drug-likeness (QED) is 0.0948. The summed E-state index contributed by atoms with van der Waals surface area (Å²) in [5, 5.41) is 0. The van der Waals surface area contributed by atoms with Gasteiger partial charge >= 0.3 is 519 Å². The summed E-state index contributed by atoms with van der Waals surface area (Å²) in [6, 6.07) is 0. The molecule has 0 saturated carbocycles. The van der Waals surface area contributed by atoms with Crippen LogP contribution in [0.15, 0.2) is 0 Å². The summed E-state index contributed by atoms with van der Waals surface area (Å²) in [7, 11) is -9.47. The third-order valence-corrected chi connectivity index (χ3v) is 2830. The molecule has 0 aromatic heterocycles. The van der Waals surface area contributed by atoms with Gasteiger partial charge in [-0.05, 0) is 0 Å². The number of hydrogen-bond acceptors (Lipinski definition) is 0. The Kier molecular flexibility index (Phi) is 69.0. The first-order valence-electron chi connectivity index (χ1n) is 5.50. The van der Waals surface area contributed by atoms with Crippen LogP contribution < -0.4 is 17.0 Å². The average Bonchev–Trinajstić information content (AvgIpc) is 2.93. The van der Waals surface area contributed by atoms with Crippen LogP contribution >= 0.6 is 496 Å². The third kappa shape index (κ3) is 28.0. The van der Waals surface area contributed by atoms with Gasteiger partial charge in [-0.3, -0.25) is 0 Å². The Morgan fingerprint density at radius 1 is 0.256 bits per heavy atom. The van der Waals surface area contributed by atoms with Crippen LogP contribution in [0, 0.1) is 0 Å². The zero-order chi connectivity index (χ0) is 31.1. The molecule has 0 bridgehead atoms. The van der Waals surface area contributed by atoms with Gasteiger partial charge in [-0.2, -0.15) is 0 Å². The first kappa shape index (κ1) is 66.8. The second kappa shape index (κ2) is 40.3. The van der Waals surface area contributed by atoms with Gasteiger partial charge in [0.1, 0.15) is 0 Å². The molecule has 0 atom stereocenters. The van der Waals surface area contributed by atoms with Crippen LogP contribution in [0.4, 0.5) is 0 Å². The molecule has 0 aliphatic heterocycles.